The number of nitriles is 2. The van der Waals surface area contributed by atoms with E-state index in [2.05, 4.69) is 0 Å². The van der Waals surface area contributed by atoms with Gasteiger partial charge in [0.2, 0.25) is 0 Å². The van der Waals surface area contributed by atoms with Crippen molar-refractivity contribution in [2.45, 2.75) is 0 Å². The maximum Gasteiger partial charge on any atom is 0.101 e. The van der Waals surface area contributed by atoms with Gasteiger partial charge in [0, 0.05) is 0 Å². The van der Waals surface area contributed by atoms with Gasteiger partial charge in [0.15, 0.2) is 0 Å². The molecule has 0 radical (unpaired) electrons. The summed E-state index contributed by atoms with van der Waals surface area (Å²) in [5.74, 6) is 0. The molecule has 0 bridgehead atoms. The predicted octanol–water partition coefficient (Wildman–Crippen LogP) is 3.39. The second-order valence-corrected chi connectivity index (χ2v) is 3.27. The molecular weight excluding hydrogens is 230 g/mol. The average Bonchev–Trinajstić information content (AvgIpc) is 2.15. The van der Waals surface area contributed by atoms with Crippen molar-refractivity contribution in [3.63, 3.8) is 0 Å². The normalized spacial score (nSPS) is 9.00. The van der Waals surface area contributed by atoms with Crippen molar-refractivity contribution in [3.05, 3.63) is 32.3 Å². The number of nitrogens with zero attached hydrogens (tertiary/aromatic N) is 2. The molecule has 13 heavy (non-hydrogen) atoms. The van der Waals surface area contributed by atoms with Gasteiger partial charge < -0.3 is 0 Å². The van der Waals surface area contributed by atoms with Crippen LogP contribution in [0.4, 0.5) is 0 Å². The van der Waals surface area contributed by atoms with E-state index in [1.165, 1.54) is 6.07 Å². The second-order valence-electron chi connectivity index (χ2n) is 2.14. The molecule has 64 valence electrons. The fourth-order valence-electron chi connectivity index (χ4n) is 0.767. The fourth-order valence-corrected chi connectivity index (χ4v) is 1.40. The van der Waals surface area contributed by atoms with E-state index in [0.29, 0.717) is 0 Å². The third-order valence-electron chi connectivity index (χ3n) is 1.39. The van der Waals surface area contributed by atoms with Crippen LogP contribution in [0, 0.1) is 22.7 Å². The quantitative estimate of drug-likeness (QED) is 0.643. The molecule has 0 unspecified atom stereocenters. The zero-order valence-corrected chi connectivity index (χ0v) is 8.37. The molecule has 0 fully saturated rings. The first-order valence-electron chi connectivity index (χ1n) is 3.09. The summed E-state index contributed by atoms with van der Waals surface area (Å²) in [4.78, 5) is 0. The van der Waals surface area contributed by atoms with Crippen LogP contribution in [0.2, 0.25) is 15.1 Å². The molecule has 1 aromatic carbocycles. The van der Waals surface area contributed by atoms with Crippen molar-refractivity contribution in [3.8, 4) is 12.1 Å². The van der Waals surface area contributed by atoms with Crippen molar-refractivity contribution in [1.29, 1.82) is 10.5 Å². The fraction of sp³-hybridized carbons (Fsp3) is 0. The average molecular weight is 231 g/mol. The first kappa shape index (κ1) is 10.2. The zero-order valence-electron chi connectivity index (χ0n) is 6.11. The maximum atomic E-state index is 8.61. The van der Waals surface area contributed by atoms with Gasteiger partial charge in [-0.1, -0.05) is 34.8 Å². The highest BCUT2D eigenvalue weighted by Gasteiger charge is 2.13. The summed E-state index contributed by atoms with van der Waals surface area (Å²) in [6, 6.07) is 4.93. The van der Waals surface area contributed by atoms with Crippen molar-refractivity contribution < 1.29 is 0 Å². The van der Waals surface area contributed by atoms with Gasteiger partial charge in [-0.15, -0.1) is 0 Å². The van der Waals surface area contributed by atoms with Gasteiger partial charge in [0.1, 0.15) is 12.1 Å². The first-order valence-corrected chi connectivity index (χ1v) is 4.23. The van der Waals surface area contributed by atoms with Gasteiger partial charge >= 0.3 is 0 Å². The molecule has 2 nitrogen and oxygen atoms in total. The molecule has 1 rings (SSSR count). The molecule has 1 aromatic rings. The van der Waals surface area contributed by atoms with Crippen molar-refractivity contribution in [2.24, 2.45) is 0 Å². The Hall–Kier alpha value is -0.930. The molecule has 0 aliphatic rings. The third kappa shape index (κ3) is 1.71. The highest BCUT2D eigenvalue weighted by atomic mass is 35.5. The van der Waals surface area contributed by atoms with E-state index in [9.17, 15) is 0 Å². The Kier molecular flexibility index (Phi) is 3.01. The zero-order chi connectivity index (χ0) is 10.0. The van der Waals surface area contributed by atoms with Gasteiger partial charge in [0.25, 0.3) is 0 Å². The lowest BCUT2D eigenvalue weighted by Gasteiger charge is -2.02. The Morgan fingerprint density at radius 2 is 1.23 bits per heavy atom. The molecule has 0 aliphatic carbocycles. The molecule has 0 aromatic heterocycles. The summed E-state index contributed by atoms with van der Waals surface area (Å²) < 4.78 is 0. The maximum absolute atomic E-state index is 8.61. The molecule has 0 amide bonds. The highest BCUT2D eigenvalue weighted by molar-refractivity contribution is 6.48. The second kappa shape index (κ2) is 3.85. The largest absolute Gasteiger partial charge is 0.192 e. The summed E-state index contributed by atoms with van der Waals surface area (Å²) in [5.41, 5.74) is 0.292. The number of rotatable bonds is 0. The molecule has 0 saturated heterocycles. The van der Waals surface area contributed by atoms with Gasteiger partial charge in [-0.05, 0) is 6.07 Å². The van der Waals surface area contributed by atoms with Crippen LogP contribution < -0.4 is 0 Å². The molecule has 0 atom stereocenters. The van der Waals surface area contributed by atoms with Crippen molar-refractivity contribution in [2.75, 3.05) is 0 Å². The van der Waals surface area contributed by atoms with Crippen molar-refractivity contribution in [1.82, 2.24) is 0 Å². The van der Waals surface area contributed by atoms with Crippen LogP contribution in [0.3, 0.4) is 0 Å². The Bertz CT molecular complexity index is 402. The lowest BCUT2D eigenvalue weighted by atomic mass is 10.1. The van der Waals surface area contributed by atoms with Crippen molar-refractivity contribution >= 4 is 34.8 Å². The van der Waals surface area contributed by atoms with Crippen LogP contribution in [0.15, 0.2) is 6.07 Å². The Morgan fingerprint density at radius 1 is 0.846 bits per heavy atom. The molecule has 0 aliphatic heterocycles. The first-order chi connectivity index (χ1) is 6.11. The predicted molar refractivity (Wildman–Crippen MR) is 50.9 cm³/mol. The summed E-state index contributed by atoms with van der Waals surface area (Å²) >= 11 is 17.0. The number of halogens is 3. The van der Waals surface area contributed by atoms with Gasteiger partial charge in [-0.25, -0.2) is 0 Å². The van der Waals surface area contributed by atoms with E-state index in [-0.39, 0.29) is 26.2 Å². The number of hydrogen-bond donors (Lipinski definition) is 0. The summed E-state index contributed by atoms with van der Waals surface area (Å²) in [5, 5.41) is 17.4. The Balaban J connectivity index is 3.60. The van der Waals surface area contributed by atoms with Crippen LogP contribution in [0.25, 0.3) is 0 Å². The van der Waals surface area contributed by atoms with Gasteiger partial charge in [-0.3, -0.25) is 0 Å². The van der Waals surface area contributed by atoms with Gasteiger partial charge in [-0.2, -0.15) is 10.5 Å². The summed E-state index contributed by atoms with van der Waals surface area (Å²) in [6.45, 7) is 0. The van der Waals surface area contributed by atoms with Crippen LogP contribution in [-0.4, -0.2) is 0 Å². The van der Waals surface area contributed by atoms with E-state index >= 15 is 0 Å². The van der Waals surface area contributed by atoms with E-state index in [4.69, 9.17) is 45.3 Å². The minimum atomic E-state index is 0.0407. The Morgan fingerprint density at radius 3 is 1.54 bits per heavy atom. The van der Waals surface area contributed by atoms with Crippen LogP contribution >= 0.6 is 34.8 Å². The van der Waals surface area contributed by atoms with E-state index in [0.717, 1.165) is 0 Å². The monoisotopic (exact) mass is 230 g/mol. The van der Waals surface area contributed by atoms with E-state index in [1.807, 2.05) is 12.1 Å². The molecular formula is C8HCl3N2. The molecule has 5 heteroatoms. The molecule has 0 saturated carbocycles. The van der Waals surface area contributed by atoms with Crippen LogP contribution in [-0.2, 0) is 0 Å². The topological polar surface area (TPSA) is 47.6 Å². The molecule has 0 spiro atoms. The van der Waals surface area contributed by atoms with E-state index in [1.54, 1.807) is 0 Å². The Labute approximate surface area is 89.9 Å². The van der Waals surface area contributed by atoms with Crippen LogP contribution in [0.1, 0.15) is 11.1 Å². The number of hydrogen-bond acceptors (Lipinski definition) is 2. The smallest absolute Gasteiger partial charge is 0.101 e. The summed E-state index contributed by atoms with van der Waals surface area (Å²) in [7, 11) is 0. The SMILES string of the molecule is N#Cc1cc(C#N)c(Cl)c(Cl)c1Cl. The highest BCUT2D eigenvalue weighted by Crippen LogP contribution is 2.34. The third-order valence-corrected chi connectivity index (χ3v) is 2.74. The standard InChI is InChI=1S/C8HCl3N2/c9-6-4(2-12)1-5(3-13)7(10)8(6)11/h1H. The summed E-state index contributed by atoms with van der Waals surface area (Å²) in [6.07, 6.45) is 0. The van der Waals surface area contributed by atoms with E-state index < -0.39 is 0 Å². The molecule has 0 N–H and O–H groups in total. The van der Waals surface area contributed by atoms with Gasteiger partial charge in [0.05, 0.1) is 26.2 Å². The van der Waals surface area contributed by atoms with Crippen LogP contribution in [0.5, 0.6) is 0 Å². The lowest BCUT2D eigenvalue weighted by molar-refractivity contribution is 1.45. The number of benzene rings is 1. The minimum absolute atomic E-state index is 0.0407. The minimum Gasteiger partial charge on any atom is -0.192 e. The lowest BCUT2D eigenvalue weighted by Crippen LogP contribution is -1.85. The molecule has 0 heterocycles.